The highest BCUT2D eigenvalue weighted by atomic mass is 16.2. The molecule has 7 rings (SSSR count). The van der Waals surface area contributed by atoms with Crippen molar-refractivity contribution in [2.24, 2.45) is 5.92 Å². The minimum Gasteiger partial charge on any atom is -0.358 e. The van der Waals surface area contributed by atoms with Gasteiger partial charge in [-0.1, -0.05) is 110 Å². The van der Waals surface area contributed by atoms with Crippen LogP contribution in [0.25, 0.3) is 6.08 Å². The summed E-state index contributed by atoms with van der Waals surface area (Å²) in [5, 5.41) is 3.11. The molecule has 1 spiro atoms. The maximum absolute atomic E-state index is 14.9. The van der Waals surface area contributed by atoms with Crippen molar-refractivity contribution in [2.45, 2.75) is 44.2 Å². The molecule has 4 aromatic carbocycles. The summed E-state index contributed by atoms with van der Waals surface area (Å²) < 4.78 is 0. The number of fused-ring (bicyclic) bond motifs is 6. The van der Waals surface area contributed by atoms with Gasteiger partial charge >= 0.3 is 0 Å². The normalized spacial score (nSPS) is 23.3. The Kier molecular flexibility index (Phi) is 6.19. The van der Waals surface area contributed by atoms with Gasteiger partial charge in [0.05, 0.1) is 12.0 Å². The maximum Gasteiger partial charge on any atom is 0.238 e. The van der Waals surface area contributed by atoms with E-state index in [2.05, 4.69) is 12.2 Å². The third-order valence-corrected chi connectivity index (χ3v) is 9.23. The van der Waals surface area contributed by atoms with Gasteiger partial charge in [0.2, 0.25) is 5.91 Å². The zero-order valence-electron chi connectivity index (χ0n) is 23.7. The molecule has 1 amide bonds. The molecule has 4 unspecified atom stereocenters. The summed E-state index contributed by atoms with van der Waals surface area (Å²) in [5.41, 5.74) is 5.28. The molecule has 208 valence electrons. The molecule has 3 aliphatic heterocycles. The van der Waals surface area contributed by atoms with Crippen LogP contribution in [0.3, 0.4) is 0 Å². The molecule has 4 atom stereocenters. The smallest absolute Gasteiger partial charge is 0.238 e. The summed E-state index contributed by atoms with van der Waals surface area (Å²) in [7, 11) is 0. The van der Waals surface area contributed by atoms with E-state index >= 15 is 0 Å². The van der Waals surface area contributed by atoms with Crippen molar-refractivity contribution in [1.29, 1.82) is 0 Å². The number of para-hydroxylation sites is 1. The van der Waals surface area contributed by atoms with E-state index in [4.69, 9.17) is 0 Å². The SMILES string of the molecule is CCCc1ccc(C(=O)C2C(C(=O)c3ccc(C)cc3)N3C=Cc4ccccc4C3C23C(=O)Nc2ccccc23)cc1. The summed E-state index contributed by atoms with van der Waals surface area (Å²) in [6.07, 6.45) is 5.83. The molecule has 0 aromatic heterocycles. The van der Waals surface area contributed by atoms with Crippen LogP contribution < -0.4 is 5.32 Å². The van der Waals surface area contributed by atoms with Gasteiger partial charge in [-0.05, 0) is 47.7 Å². The largest absolute Gasteiger partial charge is 0.358 e. The lowest BCUT2D eigenvalue weighted by molar-refractivity contribution is -0.122. The molecule has 42 heavy (non-hydrogen) atoms. The van der Waals surface area contributed by atoms with Gasteiger partial charge < -0.3 is 10.2 Å². The lowest BCUT2D eigenvalue weighted by atomic mass is 9.62. The van der Waals surface area contributed by atoms with Crippen LogP contribution in [0.2, 0.25) is 0 Å². The van der Waals surface area contributed by atoms with Crippen molar-refractivity contribution in [2.75, 3.05) is 5.32 Å². The zero-order valence-corrected chi connectivity index (χ0v) is 23.7. The summed E-state index contributed by atoms with van der Waals surface area (Å²) in [5.74, 6) is -1.58. The molecule has 0 radical (unpaired) electrons. The number of carbonyl (C=O) groups is 3. The summed E-state index contributed by atoms with van der Waals surface area (Å²) in [6, 6.07) is 29.3. The highest BCUT2D eigenvalue weighted by molar-refractivity contribution is 6.16. The highest BCUT2D eigenvalue weighted by Crippen LogP contribution is 2.62. The lowest BCUT2D eigenvalue weighted by Gasteiger charge is -2.38. The van der Waals surface area contributed by atoms with Gasteiger partial charge in [0, 0.05) is 23.0 Å². The number of hydrogen-bond donors (Lipinski definition) is 1. The number of amides is 1. The van der Waals surface area contributed by atoms with Crippen molar-refractivity contribution in [3.05, 3.63) is 142 Å². The molecule has 0 bridgehead atoms. The van der Waals surface area contributed by atoms with Gasteiger partial charge in [-0.25, -0.2) is 0 Å². The molecular formula is C37H32N2O3. The zero-order chi connectivity index (χ0) is 29.0. The first-order valence-electron chi connectivity index (χ1n) is 14.6. The number of nitrogens with one attached hydrogen (secondary N) is 1. The van der Waals surface area contributed by atoms with Gasteiger partial charge in [-0.3, -0.25) is 14.4 Å². The van der Waals surface area contributed by atoms with E-state index in [-0.39, 0.29) is 17.5 Å². The predicted molar refractivity (Wildman–Crippen MR) is 164 cm³/mol. The van der Waals surface area contributed by atoms with Crippen LogP contribution in [-0.2, 0) is 16.6 Å². The molecule has 5 nitrogen and oxygen atoms in total. The van der Waals surface area contributed by atoms with E-state index in [1.54, 1.807) is 0 Å². The number of benzene rings is 4. The fourth-order valence-corrected chi connectivity index (χ4v) is 7.36. The van der Waals surface area contributed by atoms with Crippen molar-refractivity contribution in [3.8, 4) is 0 Å². The van der Waals surface area contributed by atoms with Gasteiger partial charge in [0.15, 0.2) is 11.6 Å². The van der Waals surface area contributed by atoms with Crippen LogP contribution in [0.4, 0.5) is 5.69 Å². The van der Waals surface area contributed by atoms with Crippen LogP contribution in [0.1, 0.15) is 67.9 Å². The molecule has 3 aliphatic rings. The van der Waals surface area contributed by atoms with Gasteiger partial charge in [0.25, 0.3) is 0 Å². The van der Waals surface area contributed by atoms with Crippen molar-refractivity contribution >= 4 is 29.2 Å². The standard InChI is InChI=1S/C37H32N2O3/c1-3-8-24-15-19-26(20-16-24)33(40)31-32(34(41)27-17-13-23(2)14-18-27)39-22-21-25-9-4-5-10-28(25)35(39)37(31)29-11-6-7-12-30(29)38-36(37)42/h4-7,9-22,31-32,35H,3,8H2,1-2H3,(H,38,42). The minimum absolute atomic E-state index is 0.168. The summed E-state index contributed by atoms with van der Waals surface area (Å²) >= 11 is 0. The predicted octanol–water partition coefficient (Wildman–Crippen LogP) is 6.93. The van der Waals surface area contributed by atoms with E-state index in [9.17, 15) is 14.4 Å². The first kappa shape index (κ1) is 26.1. The van der Waals surface area contributed by atoms with Crippen LogP contribution in [0.15, 0.2) is 103 Å². The fourth-order valence-electron chi connectivity index (χ4n) is 7.36. The number of anilines is 1. The van der Waals surface area contributed by atoms with E-state index in [0.29, 0.717) is 16.8 Å². The monoisotopic (exact) mass is 552 g/mol. The lowest BCUT2D eigenvalue weighted by Crippen LogP contribution is -2.49. The Morgan fingerprint density at radius 1 is 0.833 bits per heavy atom. The van der Waals surface area contributed by atoms with Crippen molar-refractivity contribution in [3.63, 3.8) is 0 Å². The van der Waals surface area contributed by atoms with Gasteiger partial charge in [0.1, 0.15) is 11.5 Å². The average molecular weight is 553 g/mol. The first-order chi connectivity index (χ1) is 20.4. The van der Waals surface area contributed by atoms with Gasteiger partial charge in [-0.15, -0.1) is 0 Å². The third kappa shape index (κ3) is 3.73. The summed E-state index contributed by atoms with van der Waals surface area (Å²) in [6.45, 7) is 4.10. The number of Topliss-reactive ketones (excluding diaryl/α,β-unsaturated/α-hetero) is 2. The Balaban J connectivity index is 1.50. The molecule has 5 heteroatoms. The topological polar surface area (TPSA) is 66.5 Å². The highest BCUT2D eigenvalue weighted by Gasteiger charge is 2.70. The molecule has 1 N–H and O–H groups in total. The van der Waals surface area contributed by atoms with Crippen molar-refractivity contribution < 1.29 is 14.4 Å². The minimum atomic E-state index is -1.32. The van der Waals surface area contributed by atoms with E-state index in [1.807, 2.05) is 121 Å². The van der Waals surface area contributed by atoms with Gasteiger partial charge in [-0.2, -0.15) is 0 Å². The maximum atomic E-state index is 14.9. The Bertz CT molecular complexity index is 1750. The number of rotatable bonds is 6. The number of carbonyl (C=O) groups excluding carboxylic acids is 3. The fraction of sp³-hybridized carbons (Fsp3) is 0.216. The average Bonchev–Trinajstić information content (AvgIpc) is 3.49. The number of ketones is 2. The molecule has 4 aromatic rings. The molecule has 1 fully saturated rings. The number of nitrogens with zero attached hydrogens (tertiary/aromatic N) is 1. The summed E-state index contributed by atoms with van der Waals surface area (Å²) in [4.78, 5) is 46.0. The molecule has 1 saturated heterocycles. The van der Waals surface area contributed by atoms with Crippen LogP contribution in [0, 0.1) is 12.8 Å². The van der Waals surface area contributed by atoms with E-state index < -0.39 is 23.4 Å². The third-order valence-electron chi connectivity index (χ3n) is 9.23. The molecular weight excluding hydrogens is 520 g/mol. The van der Waals surface area contributed by atoms with Crippen LogP contribution in [0.5, 0.6) is 0 Å². The number of hydrogen-bond acceptors (Lipinski definition) is 4. The van der Waals surface area contributed by atoms with Crippen LogP contribution in [-0.4, -0.2) is 28.4 Å². The quantitative estimate of drug-likeness (QED) is 0.264. The van der Waals surface area contributed by atoms with Crippen molar-refractivity contribution in [1.82, 2.24) is 4.90 Å². The second-order valence-electron chi connectivity index (χ2n) is 11.6. The second kappa shape index (κ2) is 9.95. The number of aryl methyl sites for hydroxylation is 2. The molecule has 0 aliphatic carbocycles. The first-order valence-corrected chi connectivity index (χ1v) is 14.6. The molecule has 3 heterocycles. The Morgan fingerprint density at radius 3 is 2.26 bits per heavy atom. The Hall–Kier alpha value is -4.77. The van der Waals surface area contributed by atoms with E-state index in [0.717, 1.165) is 40.7 Å². The molecule has 0 saturated carbocycles. The van der Waals surface area contributed by atoms with Crippen LogP contribution >= 0.6 is 0 Å². The van der Waals surface area contributed by atoms with E-state index in [1.165, 1.54) is 0 Å². The Labute approximate surface area is 245 Å². The second-order valence-corrected chi connectivity index (χ2v) is 11.6. The Morgan fingerprint density at radius 2 is 1.50 bits per heavy atom.